The molecule has 0 aliphatic carbocycles. The lowest BCUT2D eigenvalue weighted by Crippen LogP contribution is -2.38. The minimum absolute atomic E-state index is 0. The summed E-state index contributed by atoms with van der Waals surface area (Å²) in [6, 6.07) is 15.5. The third kappa shape index (κ3) is 6.33. The molecule has 1 atom stereocenters. The van der Waals surface area contributed by atoms with E-state index in [-0.39, 0.29) is 30.5 Å². The summed E-state index contributed by atoms with van der Waals surface area (Å²) in [5.41, 5.74) is 2.88. The number of aliphatic hydroxyl groups excluding tert-OH is 1. The van der Waals surface area contributed by atoms with E-state index in [1.165, 1.54) is 0 Å². The van der Waals surface area contributed by atoms with Crippen LogP contribution in [0.2, 0.25) is 5.02 Å². The molecule has 0 saturated heterocycles. The average Bonchev–Trinajstić information content (AvgIpc) is 3.04. The number of nitrogens with zero attached hydrogens (tertiary/aromatic N) is 3. The Balaban J connectivity index is 0.00000320. The van der Waals surface area contributed by atoms with Gasteiger partial charge in [-0.15, -0.1) is 24.0 Å². The van der Waals surface area contributed by atoms with Gasteiger partial charge in [0.15, 0.2) is 5.96 Å². The first-order valence-electron chi connectivity index (χ1n) is 9.96. The Kier molecular flexibility index (Phi) is 9.87. The molecule has 0 aliphatic rings. The Labute approximate surface area is 199 Å². The number of hydrogen-bond donors (Lipinski definition) is 3. The van der Waals surface area contributed by atoms with E-state index in [1.807, 2.05) is 50.2 Å². The average molecular weight is 542 g/mol. The maximum Gasteiger partial charge on any atom is 0.191 e. The Hall–Kier alpha value is -1.84. The molecular formula is C22H29ClIN5O. The second-order valence-electron chi connectivity index (χ2n) is 6.84. The van der Waals surface area contributed by atoms with Crippen LogP contribution in [-0.4, -0.2) is 40.3 Å². The molecule has 3 aromatic rings. The summed E-state index contributed by atoms with van der Waals surface area (Å²) >= 11 is 6.15. The van der Waals surface area contributed by atoms with Gasteiger partial charge in [0.25, 0.3) is 0 Å². The lowest BCUT2D eigenvalue weighted by molar-refractivity contribution is 0.187. The highest BCUT2D eigenvalue weighted by atomic mass is 127. The molecule has 0 fully saturated rings. The van der Waals surface area contributed by atoms with Crippen molar-refractivity contribution in [3.05, 3.63) is 64.9 Å². The Morgan fingerprint density at radius 2 is 1.90 bits per heavy atom. The van der Waals surface area contributed by atoms with E-state index in [1.54, 1.807) is 6.07 Å². The molecule has 2 aromatic carbocycles. The van der Waals surface area contributed by atoms with E-state index < -0.39 is 6.10 Å². The normalized spacial score (nSPS) is 12.5. The van der Waals surface area contributed by atoms with Crippen LogP contribution in [0.5, 0.6) is 0 Å². The van der Waals surface area contributed by atoms with Gasteiger partial charge in [-0.05, 0) is 38.5 Å². The molecule has 8 heteroatoms. The highest BCUT2D eigenvalue weighted by Gasteiger charge is 2.11. The number of benzene rings is 2. The van der Waals surface area contributed by atoms with Gasteiger partial charge in [-0.25, -0.2) is 4.98 Å². The van der Waals surface area contributed by atoms with Crippen molar-refractivity contribution >= 4 is 52.6 Å². The van der Waals surface area contributed by atoms with E-state index >= 15 is 0 Å². The zero-order valence-corrected chi connectivity index (χ0v) is 20.4. The number of halogens is 2. The standard InChI is InChI=1S/C22H28ClN5O.HI/c1-3-24-22(26-15-21(29)17-9-4-5-10-18(17)23)25-13-8-14-28-16(2)27-19-11-6-7-12-20(19)28;/h4-7,9-12,21,29H,3,8,13-15H2,1-2H3,(H2,24,25,26);1H. The third-order valence-electron chi connectivity index (χ3n) is 4.73. The first kappa shape index (κ1) is 24.4. The monoisotopic (exact) mass is 541 g/mol. The van der Waals surface area contributed by atoms with Crippen molar-refractivity contribution in [2.45, 2.75) is 32.9 Å². The molecule has 0 spiro atoms. The van der Waals surface area contributed by atoms with Crippen LogP contribution in [-0.2, 0) is 6.54 Å². The van der Waals surface area contributed by atoms with Gasteiger partial charge in [0.05, 0.1) is 17.6 Å². The molecule has 1 heterocycles. The Morgan fingerprint density at radius 3 is 2.67 bits per heavy atom. The second kappa shape index (κ2) is 12.1. The number of imidazole rings is 1. The summed E-state index contributed by atoms with van der Waals surface area (Å²) in [4.78, 5) is 9.11. The van der Waals surface area contributed by atoms with Gasteiger partial charge in [0.2, 0.25) is 0 Å². The molecule has 162 valence electrons. The molecule has 30 heavy (non-hydrogen) atoms. The Morgan fingerprint density at radius 1 is 1.17 bits per heavy atom. The predicted molar refractivity (Wildman–Crippen MR) is 135 cm³/mol. The summed E-state index contributed by atoms with van der Waals surface area (Å²) in [6.07, 6.45) is 0.192. The Bertz CT molecular complexity index is 975. The zero-order valence-electron chi connectivity index (χ0n) is 17.3. The fourth-order valence-corrected chi connectivity index (χ4v) is 3.55. The number of aliphatic hydroxyl groups is 1. The number of guanidine groups is 1. The molecule has 1 aromatic heterocycles. The molecule has 1 unspecified atom stereocenters. The van der Waals surface area contributed by atoms with E-state index in [0.717, 1.165) is 42.9 Å². The largest absolute Gasteiger partial charge is 0.386 e. The first-order valence-corrected chi connectivity index (χ1v) is 10.3. The molecule has 0 saturated carbocycles. The van der Waals surface area contributed by atoms with Gasteiger partial charge in [0, 0.05) is 30.2 Å². The number of nitrogens with one attached hydrogen (secondary N) is 2. The van der Waals surface area contributed by atoms with Crippen LogP contribution in [0.15, 0.2) is 53.5 Å². The molecule has 3 rings (SSSR count). The molecular weight excluding hydrogens is 513 g/mol. The van der Waals surface area contributed by atoms with Crippen LogP contribution in [0.1, 0.15) is 30.8 Å². The minimum Gasteiger partial charge on any atom is -0.386 e. The molecule has 0 radical (unpaired) electrons. The third-order valence-corrected chi connectivity index (χ3v) is 5.07. The maximum atomic E-state index is 10.4. The number of para-hydroxylation sites is 2. The van der Waals surface area contributed by atoms with E-state index in [9.17, 15) is 5.11 Å². The summed E-state index contributed by atoms with van der Waals surface area (Å²) in [6.45, 7) is 6.68. The lowest BCUT2D eigenvalue weighted by Gasteiger charge is -2.14. The molecule has 0 amide bonds. The number of fused-ring (bicyclic) bond motifs is 1. The molecule has 0 aliphatic heterocycles. The van der Waals surface area contributed by atoms with E-state index in [2.05, 4.69) is 31.2 Å². The van der Waals surface area contributed by atoms with Gasteiger partial charge >= 0.3 is 0 Å². The number of aliphatic imine (C=N–C) groups is 1. The maximum absolute atomic E-state index is 10.4. The first-order chi connectivity index (χ1) is 14.1. The summed E-state index contributed by atoms with van der Waals surface area (Å²) < 4.78 is 2.24. The lowest BCUT2D eigenvalue weighted by atomic mass is 10.1. The van der Waals surface area contributed by atoms with E-state index in [4.69, 9.17) is 11.6 Å². The van der Waals surface area contributed by atoms with Crippen molar-refractivity contribution in [3.8, 4) is 0 Å². The quantitative estimate of drug-likeness (QED) is 0.172. The zero-order chi connectivity index (χ0) is 20.6. The van der Waals surface area contributed by atoms with Gasteiger partial charge in [-0.2, -0.15) is 0 Å². The fourth-order valence-electron chi connectivity index (χ4n) is 3.29. The predicted octanol–water partition coefficient (Wildman–Crippen LogP) is 4.29. The smallest absolute Gasteiger partial charge is 0.191 e. The van der Waals surface area contributed by atoms with Crippen molar-refractivity contribution in [3.63, 3.8) is 0 Å². The SMILES string of the molecule is CCNC(=NCC(O)c1ccccc1Cl)NCCCn1c(C)nc2ccccc21.I. The fraction of sp³-hybridized carbons (Fsp3) is 0.364. The molecule has 0 bridgehead atoms. The van der Waals surface area contributed by atoms with Crippen molar-refractivity contribution < 1.29 is 5.11 Å². The van der Waals surface area contributed by atoms with Crippen molar-refractivity contribution in [1.29, 1.82) is 0 Å². The number of rotatable bonds is 8. The van der Waals surface area contributed by atoms with Crippen LogP contribution < -0.4 is 10.6 Å². The second-order valence-corrected chi connectivity index (χ2v) is 7.24. The summed E-state index contributed by atoms with van der Waals surface area (Å²) in [5.74, 6) is 1.71. The highest BCUT2D eigenvalue weighted by molar-refractivity contribution is 14.0. The van der Waals surface area contributed by atoms with Crippen molar-refractivity contribution in [2.75, 3.05) is 19.6 Å². The molecule has 6 nitrogen and oxygen atoms in total. The van der Waals surface area contributed by atoms with Crippen LogP contribution in [0.25, 0.3) is 11.0 Å². The summed E-state index contributed by atoms with van der Waals surface area (Å²) in [7, 11) is 0. The van der Waals surface area contributed by atoms with Crippen LogP contribution in [0, 0.1) is 6.92 Å². The van der Waals surface area contributed by atoms with Gasteiger partial charge in [0.1, 0.15) is 11.9 Å². The van der Waals surface area contributed by atoms with Gasteiger partial charge in [-0.3, -0.25) is 4.99 Å². The topological polar surface area (TPSA) is 74.5 Å². The van der Waals surface area contributed by atoms with Crippen molar-refractivity contribution in [2.24, 2.45) is 4.99 Å². The van der Waals surface area contributed by atoms with Gasteiger partial charge in [-0.1, -0.05) is 41.9 Å². The van der Waals surface area contributed by atoms with Crippen LogP contribution in [0.4, 0.5) is 0 Å². The van der Waals surface area contributed by atoms with E-state index in [0.29, 0.717) is 16.5 Å². The molecule has 3 N–H and O–H groups in total. The summed E-state index contributed by atoms with van der Waals surface area (Å²) in [5, 5.41) is 17.5. The number of aryl methyl sites for hydroxylation is 2. The highest BCUT2D eigenvalue weighted by Crippen LogP contribution is 2.22. The number of aromatic nitrogens is 2. The van der Waals surface area contributed by atoms with Crippen molar-refractivity contribution in [1.82, 2.24) is 20.2 Å². The van der Waals surface area contributed by atoms with Crippen LogP contribution >= 0.6 is 35.6 Å². The van der Waals surface area contributed by atoms with Crippen LogP contribution in [0.3, 0.4) is 0 Å². The number of hydrogen-bond acceptors (Lipinski definition) is 3. The minimum atomic E-state index is -0.737. The van der Waals surface area contributed by atoms with Gasteiger partial charge < -0.3 is 20.3 Å².